The monoisotopic (exact) mass is 369 g/mol. The highest BCUT2D eigenvalue weighted by Crippen LogP contribution is 2.39. The number of pyridine rings is 1. The Labute approximate surface area is 150 Å². The van der Waals surface area contributed by atoms with E-state index in [2.05, 4.69) is 4.98 Å². The first-order valence-corrected chi connectivity index (χ1v) is 9.34. The van der Waals surface area contributed by atoms with Gasteiger partial charge in [0.05, 0.1) is 10.4 Å². The summed E-state index contributed by atoms with van der Waals surface area (Å²) in [6, 6.07) is 11.8. The van der Waals surface area contributed by atoms with Crippen LogP contribution in [0.2, 0.25) is 0 Å². The molecule has 0 unspecified atom stereocenters. The Hall–Kier alpha value is -2.90. The standard InChI is InChI=1S/C19H15NO5S/c1-12-4-5-15(26(21,22)23)10-13(12)9-14-11-24-18-7-6-17-16(19(18)25-14)3-2-8-20-17/h2-8,10-11H,9H2,1H3,(H,21,22,23). The fourth-order valence-corrected chi connectivity index (χ4v) is 3.38. The van der Waals surface area contributed by atoms with Crippen LogP contribution in [0.4, 0.5) is 0 Å². The zero-order chi connectivity index (χ0) is 18.3. The van der Waals surface area contributed by atoms with E-state index in [0.29, 0.717) is 23.7 Å². The summed E-state index contributed by atoms with van der Waals surface area (Å²) in [5.74, 6) is 1.71. The van der Waals surface area contributed by atoms with E-state index in [1.165, 1.54) is 18.4 Å². The van der Waals surface area contributed by atoms with E-state index < -0.39 is 10.1 Å². The highest BCUT2D eigenvalue weighted by atomic mass is 32.2. The fourth-order valence-electron chi connectivity index (χ4n) is 2.85. The van der Waals surface area contributed by atoms with E-state index in [0.717, 1.165) is 22.0 Å². The van der Waals surface area contributed by atoms with Crippen molar-refractivity contribution in [3.63, 3.8) is 0 Å². The molecule has 0 saturated carbocycles. The molecule has 0 spiro atoms. The van der Waals surface area contributed by atoms with Crippen molar-refractivity contribution < 1.29 is 22.4 Å². The van der Waals surface area contributed by atoms with Gasteiger partial charge in [-0.2, -0.15) is 8.42 Å². The Morgan fingerprint density at radius 2 is 2.00 bits per heavy atom. The molecule has 0 amide bonds. The Morgan fingerprint density at radius 1 is 1.15 bits per heavy atom. The summed E-state index contributed by atoms with van der Waals surface area (Å²) < 4.78 is 43.7. The second kappa shape index (κ2) is 6.12. The number of aryl methyl sites for hydroxylation is 1. The van der Waals surface area contributed by atoms with Gasteiger partial charge in [0, 0.05) is 18.0 Å². The number of aromatic nitrogens is 1. The minimum Gasteiger partial charge on any atom is -0.458 e. The summed E-state index contributed by atoms with van der Waals surface area (Å²) in [6.07, 6.45) is 3.54. The first-order valence-electron chi connectivity index (χ1n) is 7.90. The molecule has 0 atom stereocenters. The highest BCUT2D eigenvalue weighted by Gasteiger charge is 2.19. The molecular weight excluding hydrogens is 354 g/mol. The van der Waals surface area contributed by atoms with E-state index in [-0.39, 0.29) is 4.90 Å². The summed E-state index contributed by atoms with van der Waals surface area (Å²) in [4.78, 5) is 4.15. The predicted molar refractivity (Wildman–Crippen MR) is 95.8 cm³/mol. The van der Waals surface area contributed by atoms with Gasteiger partial charge in [-0.1, -0.05) is 6.07 Å². The van der Waals surface area contributed by atoms with E-state index in [4.69, 9.17) is 9.47 Å². The first-order chi connectivity index (χ1) is 12.4. The number of fused-ring (bicyclic) bond motifs is 3. The summed E-state index contributed by atoms with van der Waals surface area (Å²) in [6.45, 7) is 1.86. The Balaban J connectivity index is 1.68. The van der Waals surface area contributed by atoms with Crippen molar-refractivity contribution in [2.24, 2.45) is 0 Å². The van der Waals surface area contributed by atoms with Gasteiger partial charge in [0.25, 0.3) is 10.1 Å². The lowest BCUT2D eigenvalue weighted by Gasteiger charge is -2.20. The third-order valence-electron chi connectivity index (χ3n) is 4.23. The average molecular weight is 369 g/mol. The molecule has 26 heavy (non-hydrogen) atoms. The topological polar surface area (TPSA) is 85.7 Å². The summed E-state index contributed by atoms with van der Waals surface area (Å²) in [5.41, 5.74) is 2.39. The Bertz CT molecular complexity index is 1150. The number of ether oxygens (including phenoxy) is 2. The molecule has 0 aliphatic carbocycles. The van der Waals surface area contributed by atoms with Crippen LogP contribution in [-0.2, 0) is 16.5 Å². The average Bonchev–Trinajstić information content (AvgIpc) is 2.62. The van der Waals surface area contributed by atoms with Crippen molar-refractivity contribution in [2.45, 2.75) is 18.2 Å². The molecule has 4 rings (SSSR count). The predicted octanol–water partition coefficient (Wildman–Crippen LogP) is 3.65. The quantitative estimate of drug-likeness (QED) is 0.710. The maximum atomic E-state index is 11.4. The lowest BCUT2D eigenvalue weighted by atomic mass is 10.0. The van der Waals surface area contributed by atoms with Crippen LogP contribution in [0.3, 0.4) is 0 Å². The van der Waals surface area contributed by atoms with Crippen LogP contribution in [0.15, 0.2) is 65.6 Å². The van der Waals surface area contributed by atoms with Crippen molar-refractivity contribution in [2.75, 3.05) is 0 Å². The van der Waals surface area contributed by atoms with E-state index in [1.54, 1.807) is 18.3 Å². The molecule has 1 N–H and O–H groups in total. The van der Waals surface area contributed by atoms with Crippen LogP contribution < -0.4 is 9.47 Å². The molecule has 1 aromatic heterocycles. The molecular formula is C19H15NO5S. The van der Waals surface area contributed by atoms with Gasteiger partial charge in [-0.3, -0.25) is 9.54 Å². The Morgan fingerprint density at radius 3 is 2.81 bits per heavy atom. The maximum Gasteiger partial charge on any atom is 0.294 e. The molecule has 0 fully saturated rings. The number of nitrogens with zero attached hydrogens (tertiary/aromatic N) is 1. The summed E-state index contributed by atoms with van der Waals surface area (Å²) in [5, 5.41) is 0.832. The number of rotatable bonds is 3. The third kappa shape index (κ3) is 3.02. The van der Waals surface area contributed by atoms with Gasteiger partial charge < -0.3 is 9.47 Å². The van der Waals surface area contributed by atoms with Crippen LogP contribution in [0.25, 0.3) is 10.9 Å². The van der Waals surface area contributed by atoms with Crippen molar-refractivity contribution in [1.29, 1.82) is 0 Å². The van der Waals surface area contributed by atoms with E-state index >= 15 is 0 Å². The van der Waals surface area contributed by atoms with Gasteiger partial charge in [0.15, 0.2) is 11.5 Å². The minimum atomic E-state index is -4.26. The Kier molecular flexibility index (Phi) is 3.90. The third-order valence-corrected chi connectivity index (χ3v) is 5.08. The first kappa shape index (κ1) is 16.6. The van der Waals surface area contributed by atoms with Gasteiger partial charge in [0.1, 0.15) is 12.0 Å². The molecule has 7 heteroatoms. The van der Waals surface area contributed by atoms with Crippen molar-refractivity contribution in [1.82, 2.24) is 4.98 Å². The molecule has 1 aliphatic heterocycles. The van der Waals surface area contributed by atoms with Crippen molar-refractivity contribution in [3.05, 3.63) is 71.8 Å². The van der Waals surface area contributed by atoms with Gasteiger partial charge >= 0.3 is 0 Å². The maximum absolute atomic E-state index is 11.4. The van der Waals surface area contributed by atoms with Crippen LogP contribution in [0.5, 0.6) is 11.5 Å². The SMILES string of the molecule is Cc1ccc(S(=O)(=O)O)cc1CC1=COc2ccc3ncccc3c2O1. The van der Waals surface area contributed by atoms with Gasteiger partial charge in [-0.05, 0) is 54.4 Å². The smallest absolute Gasteiger partial charge is 0.294 e. The molecule has 0 bridgehead atoms. The van der Waals surface area contributed by atoms with Crippen LogP contribution in [0, 0.1) is 6.92 Å². The van der Waals surface area contributed by atoms with Crippen LogP contribution in [-0.4, -0.2) is 18.0 Å². The van der Waals surface area contributed by atoms with Gasteiger partial charge in [0.2, 0.25) is 0 Å². The second-order valence-electron chi connectivity index (χ2n) is 6.01. The number of hydrogen-bond donors (Lipinski definition) is 1. The fraction of sp³-hybridized carbons (Fsp3) is 0.105. The lowest BCUT2D eigenvalue weighted by Crippen LogP contribution is -2.09. The largest absolute Gasteiger partial charge is 0.458 e. The zero-order valence-electron chi connectivity index (χ0n) is 13.8. The molecule has 2 aromatic carbocycles. The van der Waals surface area contributed by atoms with E-state index in [9.17, 15) is 13.0 Å². The number of allylic oxidation sites excluding steroid dienone is 1. The second-order valence-corrected chi connectivity index (χ2v) is 7.43. The van der Waals surface area contributed by atoms with E-state index in [1.807, 2.05) is 25.1 Å². The lowest BCUT2D eigenvalue weighted by molar-refractivity contribution is 0.322. The van der Waals surface area contributed by atoms with Crippen molar-refractivity contribution >= 4 is 21.0 Å². The molecule has 1 aliphatic rings. The molecule has 2 heterocycles. The molecule has 6 nitrogen and oxygen atoms in total. The van der Waals surface area contributed by atoms with Crippen LogP contribution >= 0.6 is 0 Å². The van der Waals surface area contributed by atoms with Gasteiger partial charge in [-0.25, -0.2) is 0 Å². The summed E-state index contributed by atoms with van der Waals surface area (Å²) >= 11 is 0. The van der Waals surface area contributed by atoms with Crippen molar-refractivity contribution in [3.8, 4) is 11.5 Å². The number of benzene rings is 2. The molecule has 0 saturated heterocycles. The van der Waals surface area contributed by atoms with Gasteiger partial charge in [-0.15, -0.1) is 0 Å². The number of hydrogen-bond acceptors (Lipinski definition) is 5. The molecule has 3 aromatic rings. The molecule has 0 radical (unpaired) electrons. The van der Waals surface area contributed by atoms with Crippen LogP contribution in [0.1, 0.15) is 11.1 Å². The summed E-state index contributed by atoms with van der Waals surface area (Å²) in [7, 11) is -4.26. The zero-order valence-corrected chi connectivity index (χ0v) is 14.7. The molecule has 132 valence electrons. The minimum absolute atomic E-state index is 0.148. The highest BCUT2D eigenvalue weighted by molar-refractivity contribution is 7.85. The normalized spacial score (nSPS) is 13.5.